The Bertz CT molecular complexity index is 962. The lowest BCUT2D eigenvalue weighted by molar-refractivity contribution is -0.147. The zero-order valence-corrected chi connectivity index (χ0v) is 18.0. The number of ether oxygens (including phenoxy) is 1. The third-order valence-corrected chi connectivity index (χ3v) is 6.76. The lowest BCUT2D eigenvalue weighted by Gasteiger charge is -2.42. The second-order valence-electron chi connectivity index (χ2n) is 8.67. The lowest BCUT2D eigenvalue weighted by atomic mass is 9.91. The lowest BCUT2D eigenvalue weighted by Crippen LogP contribution is -2.54. The van der Waals surface area contributed by atoms with Gasteiger partial charge < -0.3 is 19.4 Å². The maximum absolute atomic E-state index is 13.7. The Morgan fingerprint density at radius 1 is 0.871 bits per heavy atom. The number of methoxy groups -OCH3 is 1. The molecule has 0 aromatic heterocycles. The summed E-state index contributed by atoms with van der Waals surface area (Å²) in [4.78, 5) is 32.8. The molecule has 0 bridgehead atoms. The van der Waals surface area contributed by atoms with Crippen LogP contribution in [0, 0.1) is 5.92 Å². The smallest absolute Gasteiger partial charge is 0.250 e. The number of anilines is 1. The van der Waals surface area contributed by atoms with Crippen molar-refractivity contribution in [2.24, 2.45) is 5.92 Å². The summed E-state index contributed by atoms with van der Waals surface area (Å²) in [5.74, 6) is 1.18. The second-order valence-corrected chi connectivity index (χ2v) is 8.67. The van der Waals surface area contributed by atoms with E-state index < -0.39 is 6.04 Å². The van der Waals surface area contributed by atoms with E-state index >= 15 is 0 Å². The summed E-state index contributed by atoms with van der Waals surface area (Å²) in [6.07, 6.45) is 2.74. The fraction of sp³-hybridized carbons (Fsp3) is 0.440. The second kappa shape index (κ2) is 8.25. The van der Waals surface area contributed by atoms with Crippen LogP contribution in [0.1, 0.15) is 30.0 Å². The largest absolute Gasteiger partial charge is 0.497 e. The molecule has 0 spiro atoms. The molecule has 0 radical (unpaired) electrons. The van der Waals surface area contributed by atoms with Gasteiger partial charge in [0.05, 0.1) is 7.11 Å². The maximum Gasteiger partial charge on any atom is 0.250 e. The van der Waals surface area contributed by atoms with Crippen LogP contribution < -0.4 is 9.64 Å². The zero-order chi connectivity index (χ0) is 21.4. The molecular formula is C25H29N3O3. The van der Waals surface area contributed by atoms with Crippen molar-refractivity contribution in [3.8, 4) is 5.75 Å². The highest BCUT2D eigenvalue weighted by molar-refractivity contribution is 5.91. The van der Waals surface area contributed by atoms with Crippen molar-refractivity contribution >= 4 is 17.5 Å². The van der Waals surface area contributed by atoms with Gasteiger partial charge in [-0.2, -0.15) is 0 Å². The molecule has 2 heterocycles. The first-order valence-corrected chi connectivity index (χ1v) is 11.2. The van der Waals surface area contributed by atoms with Crippen molar-refractivity contribution in [1.82, 2.24) is 9.80 Å². The number of carbonyl (C=O) groups is 2. The van der Waals surface area contributed by atoms with Gasteiger partial charge in [0.1, 0.15) is 11.8 Å². The number of carbonyl (C=O) groups excluding carboxylic acids is 2. The molecule has 1 unspecified atom stereocenters. The summed E-state index contributed by atoms with van der Waals surface area (Å²) in [5, 5.41) is 0. The average molecular weight is 420 g/mol. The number of fused-ring (bicyclic) bond motifs is 1. The summed E-state index contributed by atoms with van der Waals surface area (Å²) < 4.78 is 5.25. The van der Waals surface area contributed by atoms with Gasteiger partial charge in [-0.15, -0.1) is 0 Å². The molecule has 2 fully saturated rings. The molecule has 1 atom stereocenters. The van der Waals surface area contributed by atoms with Gasteiger partial charge in [-0.1, -0.05) is 24.3 Å². The van der Waals surface area contributed by atoms with Crippen LogP contribution >= 0.6 is 0 Å². The van der Waals surface area contributed by atoms with E-state index in [2.05, 4.69) is 23.1 Å². The van der Waals surface area contributed by atoms with Gasteiger partial charge in [0.25, 0.3) is 0 Å². The van der Waals surface area contributed by atoms with Crippen LogP contribution in [0.4, 0.5) is 5.69 Å². The molecule has 2 aromatic rings. The molecule has 6 nitrogen and oxygen atoms in total. The molecule has 5 rings (SSSR count). The highest BCUT2D eigenvalue weighted by Gasteiger charge is 2.43. The highest BCUT2D eigenvalue weighted by Crippen LogP contribution is 2.38. The van der Waals surface area contributed by atoms with E-state index in [0.29, 0.717) is 19.6 Å². The topological polar surface area (TPSA) is 53.1 Å². The van der Waals surface area contributed by atoms with E-state index in [4.69, 9.17) is 4.74 Å². The minimum atomic E-state index is -0.481. The van der Waals surface area contributed by atoms with Crippen molar-refractivity contribution in [3.05, 3.63) is 59.7 Å². The van der Waals surface area contributed by atoms with Crippen molar-refractivity contribution in [2.75, 3.05) is 44.7 Å². The zero-order valence-electron chi connectivity index (χ0n) is 18.0. The fourth-order valence-electron chi connectivity index (χ4n) is 4.79. The molecule has 3 aliphatic rings. The minimum Gasteiger partial charge on any atom is -0.497 e. The third kappa shape index (κ3) is 3.87. The van der Waals surface area contributed by atoms with Crippen molar-refractivity contribution in [1.29, 1.82) is 0 Å². The molecular weight excluding hydrogens is 390 g/mol. The Labute approximate surface area is 183 Å². The molecule has 0 N–H and O–H groups in total. The molecule has 1 saturated carbocycles. The van der Waals surface area contributed by atoms with Crippen LogP contribution in [0.25, 0.3) is 0 Å². The average Bonchev–Trinajstić information content (AvgIpc) is 3.68. The van der Waals surface area contributed by atoms with Gasteiger partial charge >= 0.3 is 0 Å². The summed E-state index contributed by atoms with van der Waals surface area (Å²) in [5.41, 5.74) is 3.34. The first-order chi connectivity index (χ1) is 15.2. The van der Waals surface area contributed by atoms with Gasteiger partial charge in [0.2, 0.25) is 11.8 Å². The van der Waals surface area contributed by atoms with Crippen LogP contribution in [0.5, 0.6) is 5.75 Å². The van der Waals surface area contributed by atoms with E-state index in [1.807, 2.05) is 40.1 Å². The van der Waals surface area contributed by atoms with Gasteiger partial charge in [-0.3, -0.25) is 9.59 Å². The first-order valence-electron chi connectivity index (χ1n) is 11.2. The number of hydrogen-bond donors (Lipinski definition) is 0. The van der Waals surface area contributed by atoms with Crippen LogP contribution in [0.3, 0.4) is 0 Å². The Kier molecular flexibility index (Phi) is 5.30. The summed E-state index contributed by atoms with van der Waals surface area (Å²) in [6, 6.07) is 15.7. The van der Waals surface area contributed by atoms with E-state index in [0.717, 1.165) is 49.4 Å². The van der Waals surface area contributed by atoms with Crippen LogP contribution in [0.2, 0.25) is 0 Å². The molecule has 6 heteroatoms. The molecule has 2 aliphatic heterocycles. The van der Waals surface area contributed by atoms with Gasteiger partial charge in [-0.25, -0.2) is 0 Å². The Morgan fingerprint density at radius 2 is 1.58 bits per heavy atom. The number of nitrogens with zero attached hydrogens (tertiary/aromatic N) is 3. The molecule has 162 valence electrons. The first kappa shape index (κ1) is 19.9. The Hall–Kier alpha value is -3.02. The van der Waals surface area contributed by atoms with E-state index in [1.165, 1.54) is 5.56 Å². The van der Waals surface area contributed by atoms with E-state index in [1.54, 1.807) is 7.11 Å². The number of amides is 2. The SMILES string of the molecule is COc1ccc(N2CCN(C(=O)C3c4ccccc4CCN3C(=O)C3CC3)CC2)cc1. The van der Waals surface area contributed by atoms with Crippen LogP contribution in [-0.4, -0.2) is 61.4 Å². The standard InChI is InChI=1S/C25H29N3O3/c1-31-21-10-8-20(9-11-21)26-14-16-27(17-15-26)25(30)23-22-5-3-2-4-18(22)12-13-28(23)24(29)19-6-7-19/h2-5,8-11,19,23H,6-7,12-17H2,1H3. The molecule has 2 amide bonds. The predicted octanol–water partition coefficient (Wildman–Crippen LogP) is 2.88. The van der Waals surface area contributed by atoms with Gasteiger partial charge in [-0.05, 0) is 54.7 Å². The quantitative estimate of drug-likeness (QED) is 0.765. The number of rotatable bonds is 4. The van der Waals surface area contributed by atoms with Crippen molar-refractivity contribution < 1.29 is 14.3 Å². The third-order valence-electron chi connectivity index (χ3n) is 6.76. The molecule has 1 aliphatic carbocycles. The monoisotopic (exact) mass is 419 g/mol. The fourth-order valence-corrected chi connectivity index (χ4v) is 4.79. The summed E-state index contributed by atoms with van der Waals surface area (Å²) in [7, 11) is 1.67. The van der Waals surface area contributed by atoms with Crippen molar-refractivity contribution in [3.63, 3.8) is 0 Å². The highest BCUT2D eigenvalue weighted by atomic mass is 16.5. The molecule has 31 heavy (non-hydrogen) atoms. The van der Waals surface area contributed by atoms with E-state index in [-0.39, 0.29) is 17.7 Å². The number of benzene rings is 2. The number of hydrogen-bond acceptors (Lipinski definition) is 4. The van der Waals surface area contributed by atoms with Crippen molar-refractivity contribution in [2.45, 2.75) is 25.3 Å². The van der Waals surface area contributed by atoms with Gasteiger partial charge in [0.15, 0.2) is 0 Å². The van der Waals surface area contributed by atoms with Crippen LogP contribution in [-0.2, 0) is 16.0 Å². The van der Waals surface area contributed by atoms with E-state index in [9.17, 15) is 9.59 Å². The summed E-state index contributed by atoms with van der Waals surface area (Å²) >= 11 is 0. The Morgan fingerprint density at radius 3 is 2.26 bits per heavy atom. The Balaban J connectivity index is 1.32. The maximum atomic E-state index is 13.7. The normalized spacial score (nSPS) is 20.9. The molecule has 1 saturated heterocycles. The minimum absolute atomic E-state index is 0.0653. The predicted molar refractivity (Wildman–Crippen MR) is 119 cm³/mol. The van der Waals surface area contributed by atoms with Crippen LogP contribution in [0.15, 0.2) is 48.5 Å². The van der Waals surface area contributed by atoms with Gasteiger partial charge in [0, 0.05) is 44.3 Å². The number of piperazine rings is 1. The summed E-state index contributed by atoms with van der Waals surface area (Å²) in [6.45, 7) is 3.52. The molecule has 2 aromatic carbocycles.